The summed E-state index contributed by atoms with van der Waals surface area (Å²) in [6.45, 7) is 0. The molecule has 0 nitrogen and oxygen atoms in total. The van der Waals surface area contributed by atoms with Crippen LogP contribution in [0.25, 0.3) is 0 Å². The molecule has 14 aliphatic rings. The van der Waals surface area contributed by atoms with Crippen molar-refractivity contribution in [2.24, 2.45) is 71.0 Å². The Morgan fingerprint density at radius 1 is 0.125 bits per heavy atom. The van der Waals surface area contributed by atoms with Gasteiger partial charge in [-0.15, -0.1) is 0 Å². The van der Waals surface area contributed by atoms with Crippen LogP contribution in [0.2, 0.25) is 0 Å². The van der Waals surface area contributed by atoms with Crippen molar-refractivity contribution in [2.45, 2.75) is 363 Å². The highest BCUT2D eigenvalue weighted by atomic mass is 32.2. The third kappa shape index (κ3) is 20.0. The molecule has 0 saturated heterocycles. The van der Waals surface area contributed by atoms with Crippen LogP contribution >= 0.6 is 0 Å². The van der Waals surface area contributed by atoms with Gasteiger partial charge in [0.1, 0.15) is 0 Å². The Hall–Kier alpha value is -7.96. The van der Waals surface area contributed by atoms with Crippen molar-refractivity contribution in [1.82, 2.24) is 0 Å². The monoisotopic (exact) mass is 1870 g/mol. The quantitative estimate of drug-likeness (QED) is 0.0667. The van der Waals surface area contributed by atoms with Crippen LogP contribution < -0.4 is 0 Å². The van der Waals surface area contributed by atoms with Gasteiger partial charge < -0.3 is 0 Å². The van der Waals surface area contributed by atoms with Crippen molar-refractivity contribution in [3.8, 4) is 0 Å². The van der Waals surface area contributed by atoms with E-state index in [-0.39, 0.29) is 43.6 Å². The number of benzene rings is 12. The summed E-state index contributed by atoms with van der Waals surface area (Å²) in [5.41, 5.74) is 12.7. The van der Waals surface area contributed by atoms with Crippen LogP contribution in [0.4, 0.5) is 0 Å². The molecule has 15 unspecified atom stereocenters. The molecular formula is C132H152S4+4. The number of hydrogen-bond donors (Lipinski definition) is 0. The summed E-state index contributed by atoms with van der Waals surface area (Å²) in [6, 6.07) is 123. The molecule has 0 heterocycles. The standard InChI is InChI=1S/C38H43S.C36H45S.C30H35S.C28H29S/c1-2-6-28(7-3-1)39(29-16-12-24(13-17-29)35-20-26-22-37(35)33-10-4-8-31(26)33)30-18-14-25(15-19-30)36-21-27-23-38(36)34-11-5-9-32(27)34;1-4-10-28(11-5-1)31-16-22-34(23-17-31)37(35-24-18-32(19-25-35)29-12-6-2-7-13-29)36-26-20-33(21-27-36)30-14-8-3-9-15-30;1-4-10-24(11-5-1)26-16-20-29(21-17-26)31(28-14-8-3-9-15-28)30-22-18-27(19-23-30)25-12-6-2-7-13-25;1-3-8-22(9-4-1)29(23-10-5-2-6-11-23)24-16-14-20(15-17-24)27-18-21-19-28(27)26-13-7-12-25(21)26/h1-3,6-7,12-19,26-27,31-38H,4-5,8-11,20-23H2;16-30H,1-15H2;3,8-9,14-25H,1-2,4-7,10-13H2;1-6,8-11,14-17,21,25-28H,7,12-13,18-19H2/q4*+1. The zero-order valence-electron chi connectivity index (χ0n) is 81.5. The Balaban J connectivity index is 0.000000103. The Bertz CT molecular complexity index is 5420. The number of rotatable bonds is 20. The largest absolute Gasteiger partial charge is 0.166 e. The summed E-state index contributed by atoms with van der Waals surface area (Å²) >= 11 is 0. The van der Waals surface area contributed by atoms with Crippen molar-refractivity contribution < 1.29 is 0 Å². The van der Waals surface area contributed by atoms with E-state index >= 15 is 0 Å². The molecule has 14 saturated carbocycles. The van der Waals surface area contributed by atoms with Gasteiger partial charge in [0, 0.05) is 0 Å². The molecule has 0 aromatic heterocycles. The van der Waals surface area contributed by atoms with Gasteiger partial charge in [-0.1, -0.05) is 285 Å². The maximum absolute atomic E-state index is 2.52. The third-order valence-electron chi connectivity index (χ3n) is 37.8. The maximum Gasteiger partial charge on any atom is 0.166 e. The van der Waals surface area contributed by atoms with Crippen LogP contribution in [0.15, 0.2) is 374 Å². The van der Waals surface area contributed by atoms with Gasteiger partial charge in [-0.05, 0) is 450 Å². The van der Waals surface area contributed by atoms with Gasteiger partial charge in [-0.25, -0.2) is 0 Å². The Kier molecular flexibility index (Phi) is 29.2. The van der Waals surface area contributed by atoms with Crippen molar-refractivity contribution >= 4 is 43.6 Å². The lowest BCUT2D eigenvalue weighted by Gasteiger charge is -2.32. The van der Waals surface area contributed by atoms with Crippen LogP contribution in [0.3, 0.4) is 0 Å². The second-order valence-electron chi connectivity index (χ2n) is 45.0. The van der Waals surface area contributed by atoms with Crippen molar-refractivity contribution in [3.05, 3.63) is 360 Å². The molecule has 12 aromatic rings. The van der Waals surface area contributed by atoms with Gasteiger partial charge in [0.05, 0.1) is 43.6 Å². The predicted molar refractivity (Wildman–Crippen MR) is 574 cm³/mol. The molecule has 26 rings (SSSR count). The molecule has 0 amide bonds. The molecule has 14 aliphatic carbocycles. The molecule has 14 fully saturated rings. The molecule has 136 heavy (non-hydrogen) atoms. The lowest BCUT2D eigenvalue weighted by atomic mass is 9.73. The van der Waals surface area contributed by atoms with Crippen LogP contribution in [0, 0.1) is 71.0 Å². The van der Waals surface area contributed by atoms with Crippen LogP contribution in [0.5, 0.6) is 0 Å². The normalized spacial score (nSPS) is 27.7. The van der Waals surface area contributed by atoms with Crippen LogP contribution in [0.1, 0.15) is 349 Å². The Labute approximate surface area is 830 Å². The zero-order chi connectivity index (χ0) is 90.5. The first kappa shape index (κ1) is 91.8. The minimum absolute atomic E-state index is 0.0305. The first-order valence-corrected chi connectivity index (χ1v) is 60.3. The van der Waals surface area contributed by atoms with E-state index < -0.39 is 0 Å². The number of fused-ring (bicyclic) bond motifs is 15. The van der Waals surface area contributed by atoms with E-state index in [1.54, 1.807) is 44.5 Å². The fourth-order valence-corrected chi connectivity index (χ4v) is 39.6. The Morgan fingerprint density at radius 3 is 0.471 bits per heavy atom. The second kappa shape index (κ2) is 43.2. The lowest BCUT2D eigenvalue weighted by molar-refractivity contribution is 0.232. The second-order valence-corrected chi connectivity index (χ2v) is 53.1. The summed E-state index contributed by atoms with van der Waals surface area (Å²) in [5, 5.41) is 0. The van der Waals surface area contributed by atoms with Crippen LogP contribution in [-0.2, 0) is 43.6 Å². The fraction of sp³-hybridized carbons (Fsp3) is 0.455. The summed E-state index contributed by atoms with van der Waals surface area (Å²) < 4.78 is 0. The van der Waals surface area contributed by atoms with E-state index in [1.807, 2.05) is 0 Å². The van der Waals surface area contributed by atoms with E-state index in [2.05, 4.69) is 315 Å². The summed E-state index contributed by atoms with van der Waals surface area (Å²) in [7, 11) is -0.172. The van der Waals surface area contributed by atoms with E-state index in [4.69, 9.17) is 0 Å². The SMILES string of the molecule is c1cc([S+](c2ccc(C3CCCCC3)cc2)c2ccc(C3CCCCC3)cc2)ccc1C1CCCCC1.c1ccc([S+](c2ccc(C3CC4CC3C3CCCC43)cc2)c2ccc(C3CC4CC3C3CCCC43)cc2)cc1.c1ccc([S+](c2ccc(C3CCCCC3)cc2)c2ccc(C3CCCCC3)cc2)cc1.c1ccc([S+](c2ccccc2)c2ccc(C3CC4CC3C3CCCC43)cc2)cc1. The van der Waals surface area contributed by atoms with Crippen LogP contribution in [-0.4, -0.2) is 0 Å². The van der Waals surface area contributed by atoms with Gasteiger partial charge in [0.2, 0.25) is 0 Å². The van der Waals surface area contributed by atoms with E-state index in [0.29, 0.717) is 0 Å². The van der Waals surface area contributed by atoms with Crippen molar-refractivity contribution in [2.75, 3.05) is 0 Å². The molecular weight excluding hydrogens is 1710 g/mol. The lowest BCUT2D eigenvalue weighted by Crippen LogP contribution is -2.23. The van der Waals surface area contributed by atoms with E-state index in [1.165, 1.54) is 316 Å². The molecule has 15 atom stereocenters. The minimum atomic E-state index is -0.0542. The van der Waals surface area contributed by atoms with Gasteiger partial charge in [0.15, 0.2) is 58.7 Å². The van der Waals surface area contributed by atoms with Gasteiger partial charge in [-0.3, -0.25) is 0 Å². The summed E-state index contributed by atoms with van der Waals surface area (Å²) in [6.07, 6.45) is 57.3. The third-order valence-corrected chi connectivity index (χ3v) is 46.7. The summed E-state index contributed by atoms with van der Waals surface area (Å²) in [4.78, 5) is 17.3. The topological polar surface area (TPSA) is 0 Å². The molecule has 0 N–H and O–H groups in total. The van der Waals surface area contributed by atoms with Crippen molar-refractivity contribution in [3.63, 3.8) is 0 Å². The molecule has 12 aromatic carbocycles. The smallest absolute Gasteiger partial charge is 0.0619 e. The molecule has 4 heteroatoms. The highest BCUT2D eigenvalue weighted by Gasteiger charge is 2.57. The first-order valence-electron chi connectivity index (χ1n) is 55.4. The van der Waals surface area contributed by atoms with E-state index in [0.717, 1.165) is 118 Å². The minimum Gasteiger partial charge on any atom is -0.0619 e. The van der Waals surface area contributed by atoms with Gasteiger partial charge in [-0.2, -0.15) is 0 Å². The molecule has 0 spiro atoms. The maximum atomic E-state index is 2.52. The zero-order valence-corrected chi connectivity index (χ0v) is 84.8. The highest BCUT2D eigenvalue weighted by molar-refractivity contribution is 7.98. The average Bonchev–Trinajstić information content (AvgIpc) is 1.59. The average molecular weight is 1870 g/mol. The Morgan fingerprint density at radius 2 is 0.287 bits per heavy atom. The number of hydrogen-bond acceptors (Lipinski definition) is 0. The van der Waals surface area contributed by atoms with Gasteiger partial charge >= 0.3 is 0 Å². The highest BCUT2D eigenvalue weighted by Crippen LogP contribution is 2.67. The van der Waals surface area contributed by atoms with E-state index in [9.17, 15) is 0 Å². The molecule has 6 bridgehead atoms. The molecule has 0 aliphatic heterocycles. The fourth-order valence-electron chi connectivity index (χ4n) is 31.3. The van der Waals surface area contributed by atoms with Crippen molar-refractivity contribution in [1.29, 1.82) is 0 Å². The summed E-state index contributed by atoms with van der Waals surface area (Å²) in [5.74, 6) is 18.7. The predicted octanol–water partition coefficient (Wildman–Crippen LogP) is 37.0. The molecule has 700 valence electrons. The van der Waals surface area contributed by atoms with Gasteiger partial charge in [0.25, 0.3) is 0 Å². The first-order chi connectivity index (χ1) is 67.4. The molecule has 0 radical (unpaired) electrons.